The zero-order valence-electron chi connectivity index (χ0n) is 24.7. The van der Waals surface area contributed by atoms with Crippen LogP contribution >= 0.6 is 0 Å². The molecule has 8 heteroatoms. The minimum absolute atomic E-state index is 0.317. The van der Waals surface area contributed by atoms with Gasteiger partial charge < -0.3 is 18.8 Å². The van der Waals surface area contributed by atoms with Crippen molar-refractivity contribution in [3.63, 3.8) is 0 Å². The van der Waals surface area contributed by atoms with Crippen LogP contribution in [0.25, 0.3) is 39.0 Å². The van der Waals surface area contributed by atoms with Gasteiger partial charge in [-0.25, -0.2) is 14.8 Å². The maximum absolute atomic E-state index is 12.2. The molecule has 6 rings (SSSR count). The van der Waals surface area contributed by atoms with E-state index in [0.717, 1.165) is 96.1 Å². The van der Waals surface area contributed by atoms with Crippen LogP contribution in [0.2, 0.25) is 0 Å². The fraction of sp³-hybridized carbons (Fsp3) is 0.286. The van der Waals surface area contributed by atoms with Gasteiger partial charge in [0.1, 0.15) is 17.9 Å². The van der Waals surface area contributed by atoms with E-state index in [4.69, 9.17) is 19.2 Å². The fourth-order valence-corrected chi connectivity index (χ4v) is 5.57. The average Bonchev–Trinajstić information content (AvgIpc) is 3.45. The summed E-state index contributed by atoms with van der Waals surface area (Å²) < 4.78 is 18.2. The Morgan fingerprint density at radius 2 is 1.65 bits per heavy atom. The van der Waals surface area contributed by atoms with E-state index < -0.39 is 0 Å². The number of methoxy groups -OCH3 is 1. The van der Waals surface area contributed by atoms with Gasteiger partial charge in [-0.05, 0) is 73.3 Å². The maximum Gasteiger partial charge on any atom is 0.338 e. The van der Waals surface area contributed by atoms with E-state index >= 15 is 0 Å². The molecule has 43 heavy (non-hydrogen) atoms. The highest BCUT2D eigenvalue weighted by atomic mass is 16.5. The Morgan fingerprint density at radius 3 is 2.40 bits per heavy atom. The predicted molar refractivity (Wildman–Crippen MR) is 168 cm³/mol. The molecule has 0 amide bonds. The third kappa shape index (κ3) is 6.45. The summed E-state index contributed by atoms with van der Waals surface area (Å²) in [6.45, 7) is 6.79. The third-order valence-corrected chi connectivity index (χ3v) is 7.90. The van der Waals surface area contributed by atoms with Gasteiger partial charge in [0.05, 0.1) is 38.0 Å². The molecule has 0 spiro atoms. The number of esters is 1. The van der Waals surface area contributed by atoms with Crippen LogP contribution in [0, 0.1) is 0 Å². The number of hydrogen-bond acceptors (Lipinski definition) is 7. The standard InChI is InChI=1S/C35H36N4O4/c1-3-43-35(40)27-8-6-26(7-9-27)32-23-39(33-21-28(12-15-31(32)33)25-10-13-30(41-2)14-11-25)34-22-29(36-24-37-34)5-4-16-38-17-19-42-20-18-38/h6-15,21-24H,3-5,16-20H2,1-2H3. The Balaban J connectivity index is 1.36. The van der Waals surface area contributed by atoms with Gasteiger partial charge in [-0.1, -0.05) is 36.4 Å². The number of benzene rings is 3. The van der Waals surface area contributed by atoms with E-state index in [9.17, 15) is 4.79 Å². The molecule has 0 saturated carbocycles. The lowest BCUT2D eigenvalue weighted by Crippen LogP contribution is -2.36. The first kappa shape index (κ1) is 28.6. The zero-order chi connectivity index (χ0) is 29.6. The number of fused-ring (bicyclic) bond motifs is 1. The van der Waals surface area contributed by atoms with E-state index in [1.165, 1.54) is 0 Å². The van der Waals surface area contributed by atoms with Crippen molar-refractivity contribution in [1.82, 2.24) is 19.4 Å². The van der Waals surface area contributed by atoms with Crippen LogP contribution in [0.3, 0.4) is 0 Å². The summed E-state index contributed by atoms with van der Waals surface area (Å²) in [5.41, 5.74) is 6.85. The molecule has 0 bridgehead atoms. The molecule has 8 nitrogen and oxygen atoms in total. The fourth-order valence-electron chi connectivity index (χ4n) is 5.57. The molecule has 0 aliphatic carbocycles. The summed E-state index contributed by atoms with van der Waals surface area (Å²) in [4.78, 5) is 24.0. The molecule has 1 aliphatic rings. The van der Waals surface area contributed by atoms with Crippen LogP contribution in [-0.4, -0.2) is 72.0 Å². The molecule has 0 unspecified atom stereocenters. The largest absolute Gasteiger partial charge is 0.497 e. The average molecular weight is 577 g/mol. The highest BCUT2D eigenvalue weighted by Crippen LogP contribution is 2.35. The summed E-state index contributed by atoms with van der Waals surface area (Å²) in [6, 6.07) is 24.3. The lowest BCUT2D eigenvalue weighted by molar-refractivity contribution is 0.0374. The van der Waals surface area contributed by atoms with Crippen LogP contribution in [-0.2, 0) is 15.9 Å². The number of aromatic nitrogens is 3. The van der Waals surface area contributed by atoms with E-state index in [1.807, 2.05) is 43.3 Å². The molecule has 1 aliphatic heterocycles. The lowest BCUT2D eigenvalue weighted by atomic mass is 10.00. The van der Waals surface area contributed by atoms with Gasteiger partial charge in [0.25, 0.3) is 0 Å². The molecule has 5 aromatic rings. The van der Waals surface area contributed by atoms with Crippen molar-refractivity contribution < 1.29 is 19.0 Å². The molecular weight excluding hydrogens is 540 g/mol. The first-order valence-corrected chi connectivity index (χ1v) is 14.8. The number of carbonyl (C=O) groups excluding carboxylic acids is 1. The number of rotatable bonds is 10. The van der Waals surface area contributed by atoms with Gasteiger partial charge in [-0.3, -0.25) is 4.90 Å². The van der Waals surface area contributed by atoms with E-state index in [1.54, 1.807) is 13.4 Å². The van der Waals surface area contributed by atoms with Crippen molar-refractivity contribution in [3.05, 3.63) is 96.6 Å². The van der Waals surface area contributed by atoms with E-state index in [0.29, 0.717) is 12.2 Å². The number of morpholine rings is 1. The number of ether oxygens (including phenoxy) is 3. The molecular formula is C35H36N4O4. The second kappa shape index (κ2) is 13.2. The van der Waals surface area contributed by atoms with E-state index in [2.05, 4.69) is 57.0 Å². The number of carbonyl (C=O) groups is 1. The summed E-state index contributed by atoms with van der Waals surface area (Å²) >= 11 is 0. The molecule has 0 radical (unpaired) electrons. The van der Waals surface area contributed by atoms with Crippen LogP contribution in [0.15, 0.2) is 85.3 Å². The van der Waals surface area contributed by atoms with Gasteiger partial charge in [0.15, 0.2) is 0 Å². The minimum atomic E-state index is -0.317. The monoisotopic (exact) mass is 576 g/mol. The van der Waals surface area contributed by atoms with Gasteiger partial charge >= 0.3 is 5.97 Å². The molecule has 220 valence electrons. The third-order valence-electron chi connectivity index (χ3n) is 7.90. The van der Waals surface area contributed by atoms with E-state index in [-0.39, 0.29) is 5.97 Å². The van der Waals surface area contributed by atoms with Crippen molar-refractivity contribution in [2.45, 2.75) is 19.8 Å². The van der Waals surface area contributed by atoms with Crippen LogP contribution in [0.5, 0.6) is 5.75 Å². The van der Waals surface area contributed by atoms with Crippen molar-refractivity contribution in [1.29, 1.82) is 0 Å². The number of nitrogens with zero attached hydrogens (tertiary/aromatic N) is 4. The summed E-state index contributed by atoms with van der Waals surface area (Å²) in [5, 5.41) is 1.09. The number of aryl methyl sites for hydroxylation is 1. The second-order valence-electron chi connectivity index (χ2n) is 10.6. The van der Waals surface area contributed by atoms with Crippen LogP contribution in [0.4, 0.5) is 0 Å². The SMILES string of the molecule is CCOC(=O)c1ccc(-c2cn(-c3cc(CCCN4CCOCC4)ncn3)c3cc(-c4ccc(OC)cc4)ccc23)cc1. The maximum atomic E-state index is 12.2. The normalized spacial score (nSPS) is 13.7. The first-order valence-electron chi connectivity index (χ1n) is 14.8. The Hall–Kier alpha value is -4.53. The van der Waals surface area contributed by atoms with Crippen LogP contribution < -0.4 is 4.74 Å². The Kier molecular flexibility index (Phi) is 8.77. The van der Waals surface area contributed by atoms with Crippen molar-refractivity contribution in [2.24, 2.45) is 0 Å². The Labute approximate surface area is 251 Å². The van der Waals surface area contributed by atoms with Crippen molar-refractivity contribution in [2.75, 3.05) is 46.6 Å². The Bertz CT molecular complexity index is 1690. The quantitative estimate of drug-likeness (QED) is 0.183. The molecule has 2 aromatic heterocycles. The van der Waals surface area contributed by atoms with Crippen molar-refractivity contribution >= 4 is 16.9 Å². The predicted octanol–water partition coefficient (Wildman–Crippen LogP) is 6.20. The molecule has 3 aromatic carbocycles. The highest BCUT2D eigenvalue weighted by Gasteiger charge is 2.16. The summed E-state index contributed by atoms with van der Waals surface area (Å²) in [5.74, 6) is 1.33. The van der Waals surface area contributed by atoms with Crippen LogP contribution in [0.1, 0.15) is 29.4 Å². The zero-order valence-corrected chi connectivity index (χ0v) is 24.7. The molecule has 1 saturated heterocycles. The van der Waals surface area contributed by atoms with Gasteiger partial charge in [-0.2, -0.15) is 0 Å². The minimum Gasteiger partial charge on any atom is -0.497 e. The van der Waals surface area contributed by atoms with Crippen molar-refractivity contribution in [3.8, 4) is 33.8 Å². The summed E-state index contributed by atoms with van der Waals surface area (Å²) in [7, 11) is 1.67. The molecule has 1 fully saturated rings. The van der Waals surface area contributed by atoms with Gasteiger partial charge in [-0.15, -0.1) is 0 Å². The smallest absolute Gasteiger partial charge is 0.338 e. The summed E-state index contributed by atoms with van der Waals surface area (Å²) in [6.07, 6.45) is 5.70. The molecule has 0 N–H and O–H groups in total. The number of hydrogen-bond donors (Lipinski definition) is 0. The van der Waals surface area contributed by atoms with Gasteiger partial charge in [0, 0.05) is 42.0 Å². The first-order chi connectivity index (χ1) is 21.1. The molecule has 3 heterocycles. The second-order valence-corrected chi connectivity index (χ2v) is 10.6. The lowest BCUT2D eigenvalue weighted by Gasteiger charge is -2.26. The topological polar surface area (TPSA) is 78.7 Å². The Morgan fingerprint density at radius 1 is 0.907 bits per heavy atom. The van der Waals surface area contributed by atoms with Gasteiger partial charge in [0.2, 0.25) is 0 Å². The molecule has 0 atom stereocenters. The highest BCUT2D eigenvalue weighted by molar-refractivity contribution is 5.99.